The molecule has 0 spiro atoms. The lowest BCUT2D eigenvalue weighted by molar-refractivity contribution is 0.181. The van der Waals surface area contributed by atoms with Gasteiger partial charge in [0.2, 0.25) is 5.88 Å². The molecule has 1 aromatic carbocycles. The van der Waals surface area contributed by atoms with Crippen LogP contribution < -0.4 is 10.6 Å². The predicted molar refractivity (Wildman–Crippen MR) is 97.9 cm³/mol. The number of hydrogen-bond donors (Lipinski definition) is 1. The van der Waals surface area contributed by atoms with Gasteiger partial charge in [0, 0.05) is 11.3 Å². The molecule has 0 aromatic heterocycles. The fourth-order valence-corrected chi connectivity index (χ4v) is 3.35. The van der Waals surface area contributed by atoms with Gasteiger partial charge < -0.3 is 15.2 Å². The van der Waals surface area contributed by atoms with Gasteiger partial charge in [-0.05, 0) is 44.0 Å². The van der Waals surface area contributed by atoms with E-state index in [-0.39, 0.29) is 17.9 Å². The Morgan fingerprint density at radius 3 is 2.62 bits per heavy atom. The van der Waals surface area contributed by atoms with Crippen LogP contribution in [0, 0.1) is 11.3 Å². The third-order valence-corrected chi connectivity index (χ3v) is 4.76. The molecule has 2 aliphatic rings. The molecule has 6 nitrogen and oxygen atoms in total. The molecule has 2 aliphatic heterocycles. The molecule has 0 aliphatic carbocycles. The third-order valence-electron chi connectivity index (χ3n) is 4.76. The number of anilines is 1. The summed E-state index contributed by atoms with van der Waals surface area (Å²) in [6.45, 7) is 6.71. The second kappa shape index (κ2) is 6.96. The summed E-state index contributed by atoms with van der Waals surface area (Å²) in [6, 6.07) is 9.74. The van der Waals surface area contributed by atoms with Crippen LogP contribution in [0.3, 0.4) is 0 Å². The Bertz CT molecular complexity index is 873. The Hall–Kier alpha value is -3.20. The fourth-order valence-electron chi connectivity index (χ4n) is 3.35. The first kappa shape index (κ1) is 17.6. The summed E-state index contributed by atoms with van der Waals surface area (Å²) < 4.78 is 10.6. The first-order chi connectivity index (χ1) is 12.5. The van der Waals surface area contributed by atoms with Gasteiger partial charge >= 0.3 is 6.09 Å². The van der Waals surface area contributed by atoms with Crippen molar-refractivity contribution >= 4 is 11.8 Å². The van der Waals surface area contributed by atoms with E-state index in [4.69, 9.17) is 15.2 Å². The quantitative estimate of drug-likeness (QED) is 0.897. The van der Waals surface area contributed by atoms with Crippen molar-refractivity contribution in [2.75, 3.05) is 18.1 Å². The number of benzene rings is 1. The maximum Gasteiger partial charge on any atom is 0.414 e. The minimum Gasteiger partial charge on any atom is -0.447 e. The Labute approximate surface area is 152 Å². The van der Waals surface area contributed by atoms with E-state index in [1.807, 2.05) is 51.1 Å². The molecule has 1 aromatic rings. The van der Waals surface area contributed by atoms with Gasteiger partial charge in [-0.2, -0.15) is 5.26 Å². The number of cyclic esters (lactones) is 1. The van der Waals surface area contributed by atoms with E-state index in [9.17, 15) is 10.1 Å². The van der Waals surface area contributed by atoms with Gasteiger partial charge in [0.1, 0.15) is 24.0 Å². The number of allylic oxidation sites excluding steroid dienone is 5. The molecule has 134 valence electrons. The fraction of sp³-hybridized carbons (Fsp3) is 0.300. The van der Waals surface area contributed by atoms with Crippen LogP contribution in [0.25, 0.3) is 0 Å². The van der Waals surface area contributed by atoms with Crippen molar-refractivity contribution in [3.05, 3.63) is 64.3 Å². The van der Waals surface area contributed by atoms with Crippen LogP contribution in [0.2, 0.25) is 0 Å². The molecule has 1 unspecified atom stereocenters. The van der Waals surface area contributed by atoms with Crippen molar-refractivity contribution in [3.8, 4) is 6.07 Å². The zero-order valence-corrected chi connectivity index (χ0v) is 15.1. The minimum atomic E-state index is -0.341. The van der Waals surface area contributed by atoms with E-state index >= 15 is 0 Å². The largest absolute Gasteiger partial charge is 0.447 e. The van der Waals surface area contributed by atoms with Crippen LogP contribution in [-0.2, 0) is 9.47 Å². The Morgan fingerprint density at radius 2 is 2.08 bits per heavy atom. The van der Waals surface area contributed by atoms with E-state index in [2.05, 4.69) is 6.07 Å². The molecule has 26 heavy (non-hydrogen) atoms. The number of amides is 1. The standard InChI is InChI=1S/C20H21N3O3/c1-4-12(2)17-13(3)26-19(22)16(11-21)18(17)14-5-7-15(8-6-14)23-9-10-25-20(23)24/h4-8,18H,9-10,22H2,1-3H3/b12-4-. The molecule has 3 rings (SSSR count). The lowest BCUT2D eigenvalue weighted by Gasteiger charge is -2.29. The van der Waals surface area contributed by atoms with E-state index in [1.54, 1.807) is 4.90 Å². The van der Waals surface area contributed by atoms with Gasteiger partial charge in [-0.25, -0.2) is 4.79 Å². The normalized spacial score (nSPS) is 20.8. The topological polar surface area (TPSA) is 88.6 Å². The average Bonchev–Trinajstić information content (AvgIpc) is 3.06. The molecule has 0 saturated carbocycles. The first-order valence-corrected chi connectivity index (χ1v) is 8.43. The van der Waals surface area contributed by atoms with Gasteiger partial charge in [-0.15, -0.1) is 0 Å². The van der Waals surface area contributed by atoms with Crippen molar-refractivity contribution in [1.29, 1.82) is 5.26 Å². The van der Waals surface area contributed by atoms with Gasteiger partial charge in [-0.3, -0.25) is 4.90 Å². The summed E-state index contributed by atoms with van der Waals surface area (Å²) in [6.07, 6.45) is 1.65. The number of nitriles is 1. The molecular formula is C20H21N3O3. The van der Waals surface area contributed by atoms with Crippen molar-refractivity contribution in [2.45, 2.75) is 26.7 Å². The first-order valence-electron chi connectivity index (χ1n) is 8.43. The van der Waals surface area contributed by atoms with E-state index in [0.717, 1.165) is 22.4 Å². The van der Waals surface area contributed by atoms with Gasteiger partial charge in [-0.1, -0.05) is 18.2 Å². The number of ether oxygens (including phenoxy) is 2. The summed E-state index contributed by atoms with van der Waals surface area (Å²) in [4.78, 5) is 13.3. The van der Waals surface area contributed by atoms with E-state index in [0.29, 0.717) is 24.5 Å². The van der Waals surface area contributed by atoms with Crippen LogP contribution >= 0.6 is 0 Å². The zero-order valence-electron chi connectivity index (χ0n) is 15.1. The summed E-state index contributed by atoms with van der Waals surface area (Å²) in [5, 5.41) is 9.63. The molecular weight excluding hydrogens is 330 g/mol. The van der Waals surface area contributed by atoms with Crippen LogP contribution in [0.4, 0.5) is 10.5 Å². The summed E-state index contributed by atoms with van der Waals surface area (Å²) >= 11 is 0. The molecule has 1 amide bonds. The monoisotopic (exact) mass is 351 g/mol. The molecule has 6 heteroatoms. The van der Waals surface area contributed by atoms with Gasteiger partial charge in [0.15, 0.2) is 0 Å². The highest BCUT2D eigenvalue weighted by atomic mass is 16.6. The Kier molecular flexibility index (Phi) is 4.72. The van der Waals surface area contributed by atoms with Gasteiger partial charge in [0.05, 0.1) is 12.5 Å². The molecule has 0 bridgehead atoms. The SMILES string of the molecule is C/C=C(/C)C1=C(C)OC(N)=C(C#N)C1c1ccc(N2CCOC2=O)cc1. The van der Waals surface area contributed by atoms with E-state index in [1.165, 1.54) is 0 Å². The molecule has 1 fully saturated rings. The number of nitrogens with two attached hydrogens (primary N) is 1. The molecule has 2 heterocycles. The van der Waals surface area contributed by atoms with Crippen molar-refractivity contribution in [1.82, 2.24) is 0 Å². The van der Waals surface area contributed by atoms with Crippen LogP contribution in [0.5, 0.6) is 0 Å². The van der Waals surface area contributed by atoms with Crippen molar-refractivity contribution < 1.29 is 14.3 Å². The molecule has 1 saturated heterocycles. The summed E-state index contributed by atoms with van der Waals surface area (Å²) in [7, 11) is 0. The Balaban J connectivity index is 2.04. The van der Waals surface area contributed by atoms with Crippen LogP contribution in [-0.4, -0.2) is 19.2 Å². The summed E-state index contributed by atoms with van der Waals surface area (Å²) in [5.74, 6) is 0.522. The molecule has 2 N–H and O–H groups in total. The highest BCUT2D eigenvalue weighted by Crippen LogP contribution is 2.42. The second-order valence-corrected chi connectivity index (χ2v) is 6.22. The van der Waals surface area contributed by atoms with Crippen LogP contribution in [0.1, 0.15) is 32.3 Å². The zero-order chi connectivity index (χ0) is 18.8. The highest BCUT2D eigenvalue weighted by molar-refractivity contribution is 5.89. The predicted octanol–water partition coefficient (Wildman–Crippen LogP) is 3.69. The number of rotatable bonds is 3. The van der Waals surface area contributed by atoms with Crippen molar-refractivity contribution in [2.24, 2.45) is 5.73 Å². The Morgan fingerprint density at radius 1 is 1.38 bits per heavy atom. The lowest BCUT2D eigenvalue weighted by atomic mass is 9.80. The lowest BCUT2D eigenvalue weighted by Crippen LogP contribution is -2.23. The number of carbonyl (C=O) groups is 1. The smallest absolute Gasteiger partial charge is 0.414 e. The highest BCUT2D eigenvalue weighted by Gasteiger charge is 2.32. The maximum absolute atomic E-state index is 11.7. The molecule has 0 radical (unpaired) electrons. The second-order valence-electron chi connectivity index (χ2n) is 6.22. The minimum absolute atomic E-state index is 0.134. The molecule has 1 atom stereocenters. The third kappa shape index (κ3) is 2.93. The number of carbonyl (C=O) groups excluding carboxylic acids is 1. The van der Waals surface area contributed by atoms with E-state index < -0.39 is 0 Å². The average molecular weight is 351 g/mol. The summed E-state index contributed by atoms with van der Waals surface area (Å²) in [5.41, 5.74) is 10.0. The number of hydrogen-bond acceptors (Lipinski definition) is 5. The maximum atomic E-state index is 11.7. The van der Waals surface area contributed by atoms with Gasteiger partial charge in [0.25, 0.3) is 0 Å². The number of nitrogens with zero attached hydrogens (tertiary/aromatic N) is 2. The van der Waals surface area contributed by atoms with Crippen molar-refractivity contribution in [3.63, 3.8) is 0 Å². The van der Waals surface area contributed by atoms with Crippen LogP contribution in [0.15, 0.2) is 58.7 Å².